The van der Waals surface area contributed by atoms with Gasteiger partial charge in [-0.25, -0.2) is 9.97 Å². The van der Waals surface area contributed by atoms with Crippen molar-refractivity contribution in [1.82, 2.24) is 9.97 Å². The van der Waals surface area contributed by atoms with Crippen molar-refractivity contribution in [1.29, 1.82) is 0 Å². The van der Waals surface area contributed by atoms with Crippen LogP contribution in [0.4, 0.5) is 23.0 Å². The van der Waals surface area contributed by atoms with Crippen LogP contribution in [0.5, 0.6) is 0 Å². The molecule has 7 heteroatoms. The highest BCUT2D eigenvalue weighted by Crippen LogP contribution is 2.40. The van der Waals surface area contributed by atoms with Gasteiger partial charge in [-0.2, -0.15) is 0 Å². The van der Waals surface area contributed by atoms with Crippen LogP contribution >= 0.6 is 0 Å². The summed E-state index contributed by atoms with van der Waals surface area (Å²) in [6.07, 6.45) is 2.21. The second-order valence-corrected chi connectivity index (χ2v) is 6.46. The molecule has 1 N–H and O–H groups in total. The zero-order valence-corrected chi connectivity index (χ0v) is 14.9. The van der Waals surface area contributed by atoms with Gasteiger partial charge in [-0.1, -0.05) is 48.5 Å². The topological polar surface area (TPSA) is 84.2 Å². The van der Waals surface area contributed by atoms with Gasteiger partial charge in [-0.15, -0.1) is 0 Å². The van der Waals surface area contributed by atoms with Gasteiger partial charge < -0.3 is 10.2 Å². The Morgan fingerprint density at radius 1 is 1.11 bits per heavy atom. The van der Waals surface area contributed by atoms with Crippen LogP contribution in [0.25, 0.3) is 0 Å². The highest BCUT2D eigenvalue weighted by molar-refractivity contribution is 5.78. The lowest BCUT2D eigenvalue weighted by Crippen LogP contribution is -2.18. The zero-order valence-electron chi connectivity index (χ0n) is 14.9. The van der Waals surface area contributed by atoms with E-state index in [9.17, 15) is 10.1 Å². The smallest absolute Gasteiger partial charge is 0.353 e. The molecule has 0 spiro atoms. The first-order valence-electron chi connectivity index (χ1n) is 8.81. The monoisotopic (exact) mass is 361 g/mol. The van der Waals surface area contributed by atoms with E-state index in [-0.39, 0.29) is 17.5 Å². The average Bonchev–Trinajstić information content (AvgIpc) is 3.12. The summed E-state index contributed by atoms with van der Waals surface area (Å²) >= 11 is 0. The van der Waals surface area contributed by atoms with E-state index >= 15 is 0 Å². The molecular weight excluding hydrogens is 342 g/mol. The van der Waals surface area contributed by atoms with Crippen molar-refractivity contribution in [3.8, 4) is 0 Å². The Balaban J connectivity index is 1.72. The first-order valence-corrected chi connectivity index (χ1v) is 8.81. The fourth-order valence-corrected chi connectivity index (χ4v) is 3.43. The van der Waals surface area contributed by atoms with Gasteiger partial charge in [-0.3, -0.25) is 10.1 Å². The maximum atomic E-state index is 11.9. The third-order valence-corrected chi connectivity index (χ3v) is 4.78. The molecule has 27 heavy (non-hydrogen) atoms. The normalized spacial score (nSPS) is 13.9. The summed E-state index contributed by atoms with van der Waals surface area (Å²) in [6.45, 7) is 2.61. The van der Waals surface area contributed by atoms with Crippen LogP contribution in [-0.2, 0) is 6.42 Å². The minimum absolute atomic E-state index is 0.100. The molecule has 2 aromatic carbocycles. The van der Waals surface area contributed by atoms with Crippen LogP contribution < -0.4 is 10.2 Å². The summed E-state index contributed by atoms with van der Waals surface area (Å²) < 4.78 is 0. The van der Waals surface area contributed by atoms with Gasteiger partial charge in [0, 0.05) is 12.2 Å². The van der Waals surface area contributed by atoms with Gasteiger partial charge in [0.15, 0.2) is 0 Å². The highest BCUT2D eigenvalue weighted by atomic mass is 16.6. The van der Waals surface area contributed by atoms with Gasteiger partial charge in [0.05, 0.1) is 11.0 Å². The Hall–Kier alpha value is -3.48. The van der Waals surface area contributed by atoms with Crippen LogP contribution in [-0.4, -0.2) is 21.4 Å². The lowest BCUT2D eigenvalue weighted by atomic mass is 10.1. The van der Waals surface area contributed by atoms with E-state index in [4.69, 9.17) is 0 Å². The molecule has 136 valence electrons. The number of fused-ring (bicyclic) bond motifs is 1. The molecule has 1 aromatic heterocycles. The SMILES string of the molecule is CC(Nc1ncnc(N2CCc3ccccc32)c1[N+](=O)[O-])c1ccccc1. The number of aromatic nitrogens is 2. The first-order chi connectivity index (χ1) is 13.1. The molecule has 3 aromatic rings. The molecule has 4 rings (SSSR count). The van der Waals surface area contributed by atoms with Crippen molar-refractivity contribution in [2.75, 3.05) is 16.8 Å². The summed E-state index contributed by atoms with van der Waals surface area (Å²) in [6, 6.07) is 17.6. The molecule has 0 amide bonds. The van der Waals surface area contributed by atoms with E-state index < -0.39 is 4.92 Å². The second kappa shape index (κ2) is 7.03. The van der Waals surface area contributed by atoms with Crippen molar-refractivity contribution in [2.24, 2.45) is 0 Å². The lowest BCUT2D eigenvalue weighted by molar-refractivity contribution is -0.383. The number of nitrogens with one attached hydrogen (secondary N) is 1. The molecule has 1 aliphatic rings. The van der Waals surface area contributed by atoms with E-state index in [1.807, 2.05) is 66.4 Å². The van der Waals surface area contributed by atoms with E-state index in [1.54, 1.807) is 0 Å². The first kappa shape index (κ1) is 17.0. The van der Waals surface area contributed by atoms with Gasteiger partial charge in [0.25, 0.3) is 0 Å². The maximum absolute atomic E-state index is 11.9. The number of nitrogens with zero attached hydrogens (tertiary/aromatic N) is 4. The van der Waals surface area contributed by atoms with E-state index in [0.717, 1.165) is 23.2 Å². The number of nitro groups is 1. The minimum atomic E-state index is -0.406. The number of hydrogen-bond donors (Lipinski definition) is 1. The molecule has 1 unspecified atom stereocenters. The maximum Gasteiger partial charge on any atom is 0.353 e. The molecule has 0 radical (unpaired) electrons. The highest BCUT2D eigenvalue weighted by Gasteiger charge is 2.31. The molecule has 0 saturated heterocycles. The second-order valence-electron chi connectivity index (χ2n) is 6.46. The third kappa shape index (κ3) is 3.19. The predicted octanol–water partition coefficient (Wildman–Crippen LogP) is 4.25. The fourth-order valence-electron chi connectivity index (χ4n) is 3.43. The number of benzene rings is 2. The minimum Gasteiger partial charge on any atom is -0.358 e. The summed E-state index contributed by atoms with van der Waals surface area (Å²) in [5, 5.41) is 15.1. The van der Waals surface area contributed by atoms with Gasteiger partial charge in [0.1, 0.15) is 6.33 Å². The summed E-state index contributed by atoms with van der Waals surface area (Å²) in [7, 11) is 0. The number of anilines is 3. The molecule has 0 fully saturated rings. The number of hydrogen-bond acceptors (Lipinski definition) is 6. The number of rotatable bonds is 5. The summed E-state index contributed by atoms with van der Waals surface area (Å²) in [5.41, 5.74) is 3.05. The van der Waals surface area contributed by atoms with Crippen molar-refractivity contribution in [2.45, 2.75) is 19.4 Å². The molecule has 7 nitrogen and oxygen atoms in total. The van der Waals surface area contributed by atoms with E-state index in [0.29, 0.717) is 12.4 Å². The van der Waals surface area contributed by atoms with Crippen LogP contribution in [0, 0.1) is 10.1 Å². The summed E-state index contributed by atoms with van der Waals surface area (Å²) in [4.78, 5) is 21.8. The van der Waals surface area contributed by atoms with Crippen LogP contribution in [0.1, 0.15) is 24.1 Å². The molecule has 2 heterocycles. The third-order valence-electron chi connectivity index (χ3n) is 4.78. The van der Waals surface area contributed by atoms with Crippen molar-refractivity contribution >= 4 is 23.0 Å². The molecular formula is C20H19N5O2. The zero-order chi connectivity index (χ0) is 18.8. The van der Waals surface area contributed by atoms with Crippen molar-refractivity contribution in [3.63, 3.8) is 0 Å². The summed E-state index contributed by atoms with van der Waals surface area (Å²) in [5.74, 6) is 0.549. The predicted molar refractivity (Wildman–Crippen MR) is 104 cm³/mol. The molecule has 1 aliphatic heterocycles. The Bertz CT molecular complexity index is 977. The van der Waals surface area contributed by atoms with Crippen LogP contribution in [0.3, 0.4) is 0 Å². The number of para-hydroxylation sites is 1. The Morgan fingerprint density at radius 2 is 1.85 bits per heavy atom. The lowest BCUT2D eigenvalue weighted by Gasteiger charge is -2.20. The fraction of sp³-hybridized carbons (Fsp3) is 0.200. The van der Waals surface area contributed by atoms with Crippen molar-refractivity contribution < 1.29 is 4.92 Å². The van der Waals surface area contributed by atoms with Crippen molar-refractivity contribution in [3.05, 3.63) is 82.2 Å². The van der Waals surface area contributed by atoms with E-state index in [1.165, 1.54) is 6.33 Å². The Kier molecular flexibility index (Phi) is 4.42. The largest absolute Gasteiger partial charge is 0.358 e. The standard InChI is InChI=1S/C20H19N5O2/c1-14(15-7-3-2-4-8-15)23-19-18(25(26)27)20(22-13-21-19)24-12-11-16-9-5-6-10-17(16)24/h2-10,13-14H,11-12H2,1H3,(H,21,22,23). The van der Waals surface area contributed by atoms with Crippen LogP contribution in [0.15, 0.2) is 60.9 Å². The quantitative estimate of drug-likeness (QED) is 0.540. The van der Waals surface area contributed by atoms with Gasteiger partial charge in [-0.05, 0) is 30.5 Å². The van der Waals surface area contributed by atoms with Gasteiger partial charge >= 0.3 is 5.69 Å². The van der Waals surface area contributed by atoms with Gasteiger partial charge in [0.2, 0.25) is 11.6 Å². The van der Waals surface area contributed by atoms with E-state index in [2.05, 4.69) is 15.3 Å². The average molecular weight is 361 g/mol. The Labute approximate surface area is 156 Å². The Morgan fingerprint density at radius 3 is 2.63 bits per heavy atom. The van der Waals surface area contributed by atoms with Crippen LogP contribution in [0.2, 0.25) is 0 Å². The molecule has 0 saturated carbocycles. The molecule has 1 atom stereocenters. The molecule has 0 bridgehead atoms. The molecule has 0 aliphatic carbocycles.